The summed E-state index contributed by atoms with van der Waals surface area (Å²) < 4.78 is 0. The maximum atomic E-state index is 12.0. The average molecular weight is 365 g/mol. The second-order valence-electron chi connectivity index (χ2n) is 5.06. The zero-order valence-electron chi connectivity index (χ0n) is 12.9. The Bertz CT molecular complexity index is 717. The van der Waals surface area contributed by atoms with Gasteiger partial charge in [0.2, 0.25) is 5.91 Å². The zero-order chi connectivity index (χ0) is 16.8. The normalized spacial score (nSPS) is 10.2. The predicted molar refractivity (Wildman–Crippen MR) is 102 cm³/mol. The van der Waals surface area contributed by atoms with Crippen molar-refractivity contribution in [2.75, 3.05) is 11.1 Å². The van der Waals surface area contributed by atoms with E-state index in [1.807, 2.05) is 44.2 Å². The van der Waals surface area contributed by atoms with Crippen molar-refractivity contribution in [3.63, 3.8) is 0 Å². The molecule has 0 aliphatic rings. The number of rotatable bonds is 4. The summed E-state index contributed by atoms with van der Waals surface area (Å²) in [6, 6.07) is 13.4. The Morgan fingerprint density at radius 2 is 1.87 bits per heavy atom. The molecule has 1 amide bonds. The van der Waals surface area contributed by atoms with Crippen molar-refractivity contribution in [1.29, 1.82) is 0 Å². The van der Waals surface area contributed by atoms with Crippen molar-refractivity contribution in [3.05, 3.63) is 58.6 Å². The highest BCUT2D eigenvalue weighted by Gasteiger charge is 2.07. The monoisotopic (exact) mass is 364 g/mol. The van der Waals surface area contributed by atoms with Gasteiger partial charge < -0.3 is 10.6 Å². The first-order valence-electron chi connectivity index (χ1n) is 7.00. The van der Waals surface area contributed by atoms with Crippen LogP contribution in [0.25, 0.3) is 0 Å². The third kappa shape index (κ3) is 5.86. The third-order valence-corrected chi connectivity index (χ3v) is 4.55. The van der Waals surface area contributed by atoms with E-state index < -0.39 is 0 Å². The second-order valence-corrected chi connectivity index (χ2v) is 6.96. The predicted octanol–water partition coefficient (Wildman–Crippen LogP) is 4.56. The molecule has 0 bridgehead atoms. The van der Waals surface area contributed by atoms with E-state index in [2.05, 4.69) is 10.6 Å². The number of carbonyl (C=O) groups excluding carboxylic acids is 1. The van der Waals surface area contributed by atoms with Gasteiger partial charge in [-0.1, -0.05) is 23.7 Å². The molecule has 0 heterocycles. The molecule has 0 radical (unpaired) electrons. The topological polar surface area (TPSA) is 41.1 Å². The molecule has 2 rings (SSSR count). The summed E-state index contributed by atoms with van der Waals surface area (Å²) >= 11 is 12.5. The summed E-state index contributed by atoms with van der Waals surface area (Å²) in [5.74, 6) is 0.142. The number of hydrogen-bond acceptors (Lipinski definition) is 3. The number of thioether (sulfide) groups is 1. The number of halogens is 1. The molecule has 2 aromatic rings. The van der Waals surface area contributed by atoms with Crippen LogP contribution in [-0.4, -0.2) is 16.8 Å². The minimum atomic E-state index is -0.146. The van der Waals surface area contributed by atoms with E-state index in [0.29, 0.717) is 10.1 Å². The number of benzene rings is 2. The minimum Gasteiger partial charge on any atom is -0.332 e. The fourth-order valence-electron chi connectivity index (χ4n) is 1.87. The number of hydrogen-bond donors (Lipinski definition) is 2. The lowest BCUT2D eigenvalue weighted by Crippen LogP contribution is -2.35. The molecule has 2 N–H and O–H groups in total. The van der Waals surface area contributed by atoms with Crippen LogP contribution in [0.5, 0.6) is 0 Å². The largest absolute Gasteiger partial charge is 0.332 e. The Balaban J connectivity index is 1.83. The third-order valence-electron chi connectivity index (χ3n) is 3.08. The number of carbonyl (C=O) groups is 1. The lowest BCUT2D eigenvalue weighted by Gasteiger charge is -2.12. The van der Waals surface area contributed by atoms with Crippen molar-refractivity contribution in [2.45, 2.75) is 18.7 Å². The Morgan fingerprint density at radius 3 is 2.57 bits per heavy atom. The molecule has 2 aromatic carbocycles. The fraction of sp³-hybridized carbons (Fsp3) is 0.176. The van der Waals surface area contributed by atoms with Crippen LogP contribution in [0.2, 0.25) is 5.02 Å². The summed E-state index contributed by atoms with van der Waals surface area (Å²) in [4.78, 5) is 12.9. The van der Waals surface area contributed by atoms with E-state index in [1.54, 1.807) is 12.1 Å². The lowest BCUT2D eigenvalue weighted by molar-refractivity contribution is -0.117. The van der Waals surface area contributed by atoms with Crippen molar-refractivity contribution in [1.82, 2.24) is 5.32 Å². The number of amides is 1. The Hall–Kier alpha value is -1.56. The second kappa shape index (κ2) is 8.34. The first-order valence-corrected chi connectivity index (χ1v) is 8.77. The van der Waals surface area contributed by atoms with E-state index in [0.717, 1.165) is 21.7 Å². The minimum absolute atomic E-state index is 0.146. The van der Waals surface area contributed by atoms with Crippen LogP contribution in [0.4, 0.5) is 5.69 Å². The van der Waals surface area contributed by atoms with E-state index in [1.165, 1.54) is 11.8 Å². The summed E-state index contributed by atoms with van der Waals surface area (Å²) in [5.41, 5.74) is 3.11. The lowest BCUT2D eigenvalue weighted by atomic mass is 10.1. The van der Waals surface area contributed by atoms with Gasteiger partial charge in [-0.15, -0.1) is 11.8 Å². The van der Waals surface area contributed by atoms with Gasteiger partial charge in [-0.2, -0.15) is 0 Å². The summed E-state index contributed by atoms with van der Waals surface area (Å²) in [7, 11) is 0. The first kappa shape index (κ1) is 17.8. The Labute approximate surface area is 150 Å². The molecule has 6 heteroatoms. The van der Waals surface area contributed by atoms with E-state index >= 15 is 0 Å². The summed E-state index contributed by atoms with van der Waals surface area (Å²) in [5, 5.41) is 6.74. The van der Waals surface area contributed by atoms with Crippen LogP contribution in [0.15, 0.2) is 47.4 Å². The van der Waals surface area contributed by atoms with Gasteiger partial charge in [-0.3, -0.25) is 4.79 Å². The van der Waals surface area contributed by atoms with Gasteiger partial charge >= 0.3 is 0 Å². The van der Waals surface area contributed by atoms with Crippen LogP contribution in [0, 0.1) is 13.8 Å². The quantitative estimate of drug-likeness (QED) is 0.616. The standard InChI is InChI=1S/C17H17ClN2OS2/c1-11-3-4-12(2)15(9-11)19-17(22)20-16(21)10-23-14-7-5-13(18)6-8-14/h3-9H,10H2,1-2H3,(H2,19,20,21,22). The van der Waals surface area contributed by atoms with Gasteiger partial charge in [-0.25, -0.2) is 0 Å². The van der Waals surface area contributed by atoms with Crippen LogP contribution in [0.1, 0.15) is 11.1 Å². The maximum absolute atomic E-state index is 12.0. The SMILES string of the molecule is Cc1ccc(C)c(NC(=S)NC(=O)CSc2ccc(Cl)cc2)c1. The maximum Gasteiger partial charge on any atom is 0.236 e. The average Bonchev–Trinajstić information content (AvgIpc) is 2.50. The molecule has 0 spiro atoms. The van der Waals surface area contributed by atoms with E-state index in [4.69, 9.17) is 23.8 Å². The molecule has 0 aliphatic carbocycles. The van der Waals surface area contributed by atoms with Crippen molar-refractivity contribution >= 4 is 52.3 Å². The molecule has 0 saturated carbocycles. The molecule has 0 unspecified atom stereocenters. The van der Waals surface area contributed by atoms with Gasteiger partial charge in [-0.05, 0) is 67.5 Å². The van der Waals surface area contributed by atoms with Crippen molar-refractivity contribution in [3.8, 4) is 0 Å². The Morgan fingerprint density at radius 1 is 1.17 bits per heavy atom. The van der Waals surface area contributed by atoms with Crippen molar-refractivity contribution in [2.24, 2.45) is 0 Å². The highest BCUT2D eigenvalue weighted by atomic mass is 35.5. The van der Waals surface area contributed by atoms with Gasteiger partial charge in [0.1, 0.15) is 0 Å². The van der Waals surface area contributed by atoms with E-state index in [-0.39, 0.29) is 11.7 Å². The van der Waals surface area contributed by atoms with Crippen LogP contribution in [-0.2, 0) is 4.79 Å². The first-order chi connectivity index (χ1) is 10.9. The van der Waals surface area contributed by atoms with Crippen LogP contribution in [0.3, 0.4) is 0 Å². The van der Waals surface area contributed by atoms with Crippen LogP contribution >= 0.6 is 35.6 Å². The highest BCUT2D eigenvalue weighted by molar-refractivity contribution is 8.00. The van der Waals surface area contributed by atoms with E-state index in [9.17, 15) is 4.79 Å². The molecule has 0 saturated heterocycles. The van der Waals surface area contributed by atoms with Gasteiger partial charge in [0.05, 0.1) is 5.75 Å². The number of aryl methyl sites for hydroxylation is 2. The molecule has 0 fully saturated rings. The molecule has 3 nitrogen and oxygen atoms in total. The fourth-order valence-corrected chi connectivity index (χ4v) is 2.91. The number of anilines is 1. The molecule has 120 valence electrons. The summed E-state index contributed by atoms with van der Waals surface area (Å²) in [6.07, 6.45) is 0. The molecular weight excluding hydrogens is 348 g/mol. The number of nitrogens with one attached hydrogen (secondary N) is 2. The zero-order valence-corrected chi connectivity index (χ0v) is 15.2. The smallest absolute Gasteiger partial charge is 0.236 e. The molecule has 0 atom stereocenters. The highest BCUT2D eigenvalue weighted by Crippen LogP contribution is 2.20. The summed E-state index contributed by atoms with van der Waals surface area (Å²) in [6.45, 7) is 4.00. The van der Waals surface area contributed by atoms with Gasteiger partial charge in [0.25, 0.3) is 0 Å². The molecular formula is C17H17ClN2OS2. The molecule has 0 aliphatic heterocycles. The molecule has 0 aromatic heterocycles. The van der Waals surface area contributed by atoms with Gasteiger partial charge in [0, 0.05) is 15.6 Å². The van der Waals surface area contributed by atoms with Gasteiger partial charge in [0.15, 0.2) is 5.11 Å². The number of thiocarbonyl (C=S) groups is 1. The molecule has 23 heavy (non-hydrogen) atoms. The Kier molecular flexibility index (Phi) is 6.45. The van der Waals surface area contributed by atoms with Crippen molar-refractivity contribution < 1.29 is 4.79 Å². The van der Waals surface area contributed by atoms with Crippen LogP contribution < -0.4 is 10.6 Å².